The van der Waals surface area contributed by atoms with E-state index in [0.29, 0.717) is 0 Å². The van der Waals surface area contributed by atoms with Gasteiger partial charge in [0.15, 0.2) is 0 Å². The van der Waals surface area contributed by atoms with Crippen LogP contribution in [0.1, 0.15) is 0 Å². The first kappa shape index (κ1) is 16.5. The van der Waals surface area contributed by atoms with Crippen molar-refractivity contribution in [3.63, 3.8) is 0 Å². The molecule has 0 heterocycles. The van der Waals surface area contributed by atoms with Gasteiger partial charge in [0.05, 0.1) is 0 Å². The summed E-state index contributed by atoms with van der Waals surface area (Å²) in [5.41, 5.74) is 0. The van der Waals surface area contributed by atoms with Crippen LogP contribution in [-0.2, 0) is 0 Å². The molecule has 1 nitrogen and oxygen atoms in total. The van der Waals surface area contributed by atoms with Gasteiger partial charge in [0.25, 0.3) is 0 Å². The molecule has 0 fully saturated rings. The molecule has 0 atom stereocenters. The van der Waals surface area contributed by atoms with Crippen LogP contribution in [-0.4, -0.2) is 67.7 Å². The SMILES string of the molecule is O[Te].[GeH4].[SnH4]. The van der Waals surface area contributed by atoms with E-state index in [1.165, 1.54) is 0 Å². The molecule has 1 N–H and O–H groups in total. The fourth-order valence-corrected chi connectivity index (χ4v) is 0. The zero-order chi connectivity index (χ0) is 2.00. The molecule has 1 radical (unpaired) electrons. The maximum atomic E-state index is 7.01. The Morgan fingerprint density at radius 1 is 1.25 bits per heavy atom. The monoisotopic (exact) mass is 349 g/mol. The second-order valence-electron chi connectivity index (χ2n) is 0. The average Bonchev–Trinajstić information content (AvgIpc) is 1.00. The zero-order valence-corrected chi connectivity index (χ0v) is 3.19. The number of hydrogen-bond acceptors (Lipinski definition) is 1. The second kappa shape index (κ2) is 19.5. The van der Waals surface area contributed by atoms with Crippen LogP contribution in [0.5, 0.6) is 0 Å². The molecular formula is H9GeOSnTe. The fraction of sp³-hybridized carbons (Fsp3) is 0. The van der Waals surface area contributed by atoms with Crippen LogP contribution in [0.15, 0.2) is 0 Å². The number of rotatable bonds is 0. The molecule has 0 bridgehead atoms. The van der Waals surface area contributed by atoms with Crippen molar-refractivity contribution in [2.45, 2.75) is 0 Å². The van der Waals surface area contributed by atoms with Crippen molar-refractivity contribution in [2.75, 3.05) is 0 Å². The Labute approximate surface area is 66.9 Å². The first-order valence-electron chi connectivity index (χ1n) is 0.183. The summed E-state index contributed by atoms with van der Waals surface area (Å²) in [6.45, 7) is 0. The van der Waals surface area contributed by atoms with Gasteiger partial charge in [0.2, 0.25) is 0 Å². The van der Waals surface area contributed by atoms with E-state index in [0.717, 1.165) is 22.7 Å². The molecule has 0 saturated heterocycles. The van der Waals surface area contributed by atoms with Gasteiger partial charge in [-0.15, -0.1) is 0 Å². The van der Waals surface area contributed by atoms with Gasteiger partial charge in [-0.05, 0) is 0 Å². The van der Waals surface area contributed by atoms with Crippen molar-refractivity contribution in [1.82, 2.24) is 0 Å². The molecule has 0 rings (SSSR count). The Balaban J connectivity index is -0.00000000500. The predicted octanol–water partition coefficient (Wildman–Crippen LogP) is -3.84. The van der Waals surface area contributed by atoms with Crippen LogP contribution in [0.2, 0.25) is 0 Å². The van der Waals surface area contributed by atoms with E-state index < -0.39 is 0 Å². The quantitative estimate of drug-likeness (QED) is 0.447. The second-order valence-corrected chi connectivity index (χ2v) is 0. The molecule has 4 heteroatoms. The average molecular weight is 344 g/mol. The molecular weight excluding hydrogens is 335 g/mol. The van der Waals surface area contributed by atoms with Crippen LogP contribution in [0.4, 0.5) is 0 Å². The van der Waals surface area contributed by atoms with Crippen molar-refractivity contribution in [2.24, 2.45) is 0 Å². The van der Waals surface area contributed by atoms with E-state index in [-0.39, 0.29) is 41.5 Å². The Kier molecular flexibility index (Phi) is 80.5. The minimum absolute atomic E-state index is 0. The Morgan fingerprint density at radius 3 is 1.25 bits per heavy atom. The molecule has 0 aromatic heterocycles. The van der Waals surface area contributed by atoms with Gasteiger partial charge < -0.3 is 0 Å². The van der Waals surface area contributed by atoms with Crippen molar-refractivity contribution in [3.05, 3.63) is 0 Å². The molecule has 0 spiro atoms. The van der Waals surface area contributed by atoms with Gasteiger partial charge in [0.1, 0.15) is 0 Å². The van der Waals surface area contributed by atoms with Crippen LogP contribution in [0.25, 0.3) is 0 Å². The standard InChI is InChI=1S/GeH4.HOTe.Sn.4H/c;1-2;;;;;/h1H4;1H;;;;;. The zero-order valence-electron chi connectivity index (χ0n) is 0.855. The molecule has 0 unspecified atom stereocenters. The van der Waals surface area contributed by atoms with Crippen molar-refractivity contribution < 1.29 is 3.47 Å². The summed E-state index contributed by atoms with van der Waals surface area (Å²) in [7, 11) is 0. The van der Waals surface area contributed by atoms with Crippen LogP contribution in [0, 0.1) is 0 Å². The van der Waals surface area contributed by atoms with Crippen LogP contribution in [0.3, 0.4) is 0 Å². The minimum atomic E-state index is 0. The third-order valence-corrected chi connectivity index (χ3v) is 0. The molecule has 0 aliphatic rings. The summed E-state index contributed by atoms with van der Waals surface area (Å²) >= 11 is 0.950. The molecule has 4 heavy (non-hydrogen) atoms. The summed E-state index contributed by atoms with van der Waals surface area (Å²) in [5, 5.41) is 0. The van der Waals surface area contributed by atoms with E-state index in [1.807, 2.05) is 0 Å². The van der Waals surface area contributed by atoms with Crippen LogP contribution >= 0.6 is 0 Å². The van der Waals surface area contributed by atoms with E-state index in [4.69, 9.17) is 3.47 Å². The Hall–Kier alpha value is 2.09. The summed E-state index contributed by atoms with van der Waals surface area (Å²) in [6, 6.07) is 0. The van der Waals surface area contributed by atoms with Crippen molar-refractivity contribution in [1.29, 1.82) is 0 Å². The Morgan fingerprint density at radius 2 is 1.25 bits per heavy atom. The normalized spacial score (nSPS) is 1.50. The van der Waals surface area contributed by atoms with Crippen molar-refractivity contribution in [3.8, 4) is 0 Å². The molecule has 0 aliphatic carbocycles. The molecule has 0 aromatic rings. The third-order valence-electron chi connectivity index (χ3n) is 0. The molecule has 29 valence electrons. The molecule has 0 amide bonds. The fourth-order valence-electron chi connectivity index (χ4n) is 0. The van der Waals surface area contributed by atoms with Crippen LogP contribution < -0.4 is 0 Å². The van der Waals surface area contributed by atoms with Gasteiger partial charge in [-0.2, -0.15) is 0 Å². The summed E-state index contributed by atoms with van der Waals surface area (Å²) in [4.78, 5) is 0. The van der Waals surface area contributed by atoms with Gasteiger partial charge in [-0.1, -0.05) is 0 Å². The van der Waals surface area contributed by atoms with E-state index >= 15 is 0 Å². The van der Waals surface area contributed by atoms with Gasteiger partial charge in [-0.25, -0.2) is 0 Å². The van der Waals surface area contributed by atoms with E-state index in [9.17, 15) is 0 Å². The van der Waals surface area contributed by atoms with Gasteiger partial charge in [-0.3, -0.25) is 0 Å². The summed E-state index contributed by atoms with van der Waals surface area (Å²) in [5.74, 6) is 0. The van der Waals surface area contributed by atoms with Gasteiger partial charge >= 0.3 is 67.7 Å². The number of hydrogen-bond donors (Lipinski definition) is 1. The first-order valence-corrected chi connectivity index (χ1v) is 1.22. The predicted molar refractivity (Wildman–Crippen MR) is 30.6 cm³/mol. The molecule has 0 saturated carbocycles. The topological polar surface area (TPSA) is 20.2 Å². The molecule has 0 aromatic carbocycles. The maximum absolute atomic E-state index is 7.01. The van der Waals surface area contributed by atoms with Crippen molar-refractivity contribution >= 4 is 64.2 Å². The molecule has 0 aliphatic heterocycles. The van der Waals surface area contributed by atoms with Gasteiger partial charge in [0, 0.05) is 0 Å². The summed E-state index contributed by atoms with van der Waals surface area (Å²) in [6.07, 6.45) is 0. The first-order chi connectivity index (χ1) is 1.00. The van der Waals surface area contributed by atoms with E-state index in [1.54, 1.807) is 0 Å². The van der Waals surface area contributed by atoms with E-state index in [2.05, 4.69) is 0 Å². The third kappa shape index (κ3) is 8.94. The summed E-state index contributed by atoms with van der Waals surface area (Å²) < 4.78 is 7.01. The Bertz CT molecular complexity index is 8.00.